The van der Waals surface area contributed by atoms with Crippen molar-refractivity contribution in [1.82, 2.24) is 0 Å². The highest BCUT2D eigenvalue weighted by Gasteiger charge is 2.12. The van der Waals surface area contributed by atoms with Gasteiger partial charge in [0.2, 0.25) is 0 Å². The zero-order valence-corrected chi connectivity index (χ0v) is 9.48. The van der Waals surface area contributed by atoms with Crippen molar-refractivity contribution < 1.29 is 18.7 Å². The van der Waals surface area contributed by atoms with Gasteiger partial charge in [-0.1, -0.05) is 24.8 Å². The number of hydrogen-bond donors (Lipinski definition) is 0. The van der Waals surface area contributed by atoms with Crippen LogP contribution in [0.2, 0.25) is 0 Å². The average molecular weight is 236 g/mol. The van der Waals surface area contributed by atoms with Gasteiger partial charge in [0.15, 0.2) is 0 Å². The van der Waals surface area contributed by atoms with E-state index in [9.17, 15) is 9.18 Å². The quantitative estimate of drug-likeness (QED) is 0.456. The van der Waals surface area contributed by atoms with Crippen LogP contribution in [0.15, 0.2) is 43.0 Å². The van der Waals surface area contributed by atoms with Crippen LogP contribution in [-0.2, 0) is 9.47 Å². The van der Waals surface area contributed by atoms with Gasteiger partial charge in [-0.05, 0) is 25.1 Å². The number of hydrogen-bond acceptors (Lipinski definition) is 3. The van der Waals surface area contributed by atoms with Crippen LogP contribution in [0.4, 0.5) is 9.18 Å². The summed E-state index contributed by atoms with van der Waals surface area (Å²) in [6, 6.07) is 6.02. The molecule has 0 aliphatic carbocycles. The molecule has 0 spiro atoms. The summed E-state index contributed by atoms with van der Waals surface area (Å²) < 4.78 is 23.0. The van der Waals surface area contributed by atoms with Crippen molar-refractivity contribution in [1.29, 1.82) is 0 Å². The number of halogens is 1. The lowest BCUT2D eigenvalue weighted by atomic mass is 10.1. The second-order valence-corrected chi connectivity index (χ2v) is 3.08. The molecule has 3 nitrogen and oxygen atoms in total. The lowest BCUT2D eigenvalue weighted by molar-refractivity contribution is 0.100. The zero-order valence-electron chi connectivity index (χ0n) is 9.48. The first kappa shape index (κ1) is 13.0. The number of carbonyl (C=O) groups is 1. The Bertz CT molecular complexity index is 438. The van der Waals surface area contributed by atoms with E-state index < -0.39 is 12.0 Å². The molecule has 0 atom stereocenters. The number of carbonyl (C=O) groups excluding carboxylic acids is 1. The van der Waals surface area contributed by atoms with Crippen LogP contribution >= 0.6 is 0 Å². The molecule has 1 aromatic carbocycles. The molecule has 0 saturated carbocycles. The predicted molar refractivity (Wildman–Crippen MR) is 62.7 cm³/mol. The van der Waals surface area contributed by atoms with Gasteiger partial charge >= 0.3 is 6.16 Å². The van der Waals surface area contributed by atoms with Crippen molar-refractivity contribution in [2.75, 3.05) is 6.61 Å². The van der Waals surface area contributed by atoms with E-state index in [0.717, 1.165) is 0 Å². The summed E-state index contributed by atoms with van der Waals surface area (Å²) in [4.78, 5) is 11.2. The number of ether oxygens (including phenoxy) is 2. The van der Waals surface area contributed by atoms with E-state index in [2.05, 4.69) is 11.3 Å². The van der Waals surface area contributed by atoms with Crippen molar-refractivity contribution in [3.05, 3.63) is 54.4 Å². The van der Waals surface area contributed by atoms with E-state index >= 15 is 0 Å². The molecule has 0 unspecified atom stereocenters. The Morgan fingerprint density at radius 2 is 2.18 bits per heavy atom. The molecule has 4 heteroatoms. The Balaban J connectivity index is 2.77. The van der Waals surface area contributed by atoms with Crippen LogP contribution in [0.3, 0.4) is 0 Å². The first-order valence-electron chi connectivity index (χ1n) is 5.05. The molecule has 1 aromatic rings. The third kappa shape index (κ3) is 3.75. The van der Waals surface area contributed by atoms with Crippen LogP contribution in [0.25, 0.3) is 5.76 Å². The highest BCUT2D eigenvalue weighted by Crippen LogP contribution is 2.19. The largest absolute Gasteiger partial charge is 0.514 e. The second-order valence-electron chi connectivity index (χ2n) is 3.08. The molecule has 17 heavy (non-hydrogen) atoms. The fourth-order valence-electron chi connectivity index (χ4n) is 1.18. The van der Waals surface area contributed by atoms with Gasteiger partial charge in [-0.15, -0.1) is 0 Å². The summed E-state index contributed by atoms with van der Waals surface area (Å²) >= 11 is 0. The van der Waals surface area contributed by atoms with Crippen LogP contribution in [0.1, 0.15) is 12.5 Å². The molecule has 0 radical (unpaired) electrons. The van der Waals surface area contributed by atoms with Gasteiger partial charge in [0.1, 0.15) is 18.2 Å². The molecule has 0 N–H and O–H groups in total. The molecule has 0 aliphatic heterocycles. The van der Waals surface area contributed by atoms with Gasteiger partial charge < -0.3 is 9.47 Å². The van der Waals surface area contributed by atoms with E-state index in [-0.39, 0.29) is 17.9 Å². The van der Waals surface area contributed by atoms with Gasteiger partial charge in [-0.3, -0.25) is 0 Å². The maximum Gasteiger partial charge on any atom is 0.514 e. The van der Waals surface area contributed by atoms with Gasteiger partial charge in [0, 0.05) is 0 Å². The molecule has 0 fully saturated rings. The van der Waals surface area contributed by atoms with Gasteiger partial charge in [-0.25, -0.2) is 9.18 Å². The summed E-state index contributed by atoms with van der Waals surface area (Å²) in [5.41, 5.74) is 0.213. The van der Waals surface area contributed by atoms with E-state index in [0.29, 0.717) is 0 Å². The topological polar surface area (TPSA) is 35.5 Å². The monoisotopic (exact) mass is 236 g/mol. The highest BCUT2D eigenvalue weighted by molar-refractivity contribution is 5.73. The molecule has 0 saturated heterocycles. The fourth-order valence-corrected chi connectivity index (χ4v) is 1.18. The highest BCUT2D eigenvalue weighted by atomic mass is 19.1. The van der Waals surface area contributed by atoms with Crippen molar-refractivity contribution in [2.24, 2.45) is 0 Å². The maximum absolute atomic E-state index is 13.4. The van der Waals surface area contributed by atoms with Gasteiger partial charge in [0.05, 0.1) is 5.56 Å². The van der Waals surface area contributed by atoms with Crippen molar-refractivity contribution in [2.45, 2.75) is 6.92 Å². The standard InChI is InChI=1S/C13H13FO3/c1-3-9-16-13(15)17-12(4-2)10-7-5-6-8-11(10)14/h3-8H,1,9H2,2H3/b12-4-. The summed E-state index contributed by atoms with van der Waals surface area (Å²) in [5.74, 6) is -0.339. The van der Waals surface area contributed by atoms with Gasteiger partial charge in [-0.2, -0.15) is 0 Å². The molecule has 90 valence electrons. The van der Waals surface area contributed by atoms with Gasteiger partial charge in [0.25, 0.3) is 0 Å². The van der Waals surface area contributed by atoms with Crippen molar-refractivity contribution in [3.8, 4) is 0 Å². The molecule has 1 rings (SSSR count). The summed E-state index contributed by atoms with van der Waals surface area (Å²) in [5, 5.41) is 0. The summed E-state index contributed by atoms with van der Waals surface area (Å²) in [6.45, 7) is 5.09. The van der Waals surface area contributed by atoms with E-state index in [1.807, 2.05) is 0 Å². The predicted octanol–water partition coefficient (Wildman–Crippen LogP) is 3.53. The van der Waals surface area contributed by atoms with Crippen LogP contribution < -0.4 is 0 Å². The lowest BCUT2D eigenvalue weighted by Crippen LogP contribution is -2.07. The minimum atomic E-state index is -0.888. The minimum absolute atomic E-state index is 0.0487. The Kier molecular flexibility index (Phi) is 4.94. The normalized spacial score (nSPS) is 10.8. The molecule has 0 aliphatic rings. The molecular weight excluding hydrogens is 223 g/mol. The molecule has 0 heterocycles. The minimum Gasteiger partial charge on any atom is -0.430 e. The van der Waals surface area contributed by atoms with E-state index in [4.69, 9.17) is 4.74 Å². The molecule has 0 amide bonds. The number of allylic oxidation sites excluding steroid dienone is 1. The molecule has 0 aromatic heterocycles. The Hall–Kier alpha value is -2.10. The first-order chi connectivity index (χ1) is 8.19. The van der Waals surface area contributed by atoms with Crippen molar-refractivity contribution in [3.63, 3.8) is 0 Å². The Morgan fingerprint density at radius 1 is 1.47 bits per heavy atom. The SMILES string of the molecule is C=CCOC(=O)O/C(=C\C)c1ccccc1F. The fraction of sp³-hybridized carbons (Fsp3) is 0.154. The lowest BCUT2D eigenvalue weighted by Gasteiger charge is -2.08. The van der Waals surface area contributed by atoms with Crippen LogP contribution in [0, 0.1) is 5.82 Å². The third-order valence-electron chi connectivity index (χ3n) is 1.91. The van der Waals surface area contributed by atoms with Crippen molar-refractivity contribution >= 4 is 11.9 Å². The average Bonchev–Trinajstić information content (AvgIpc) is 2.34. The van der Waals surface area contributed by atoms with Crippen LogP contribution in [0.5, 0.6) is 0 Å². The number of rotatable bonds is 4. The Labute approximate surface area is 99.2 Å². The third-order valence-corrected chi connectivity index (χ3v) is 1.91. The maximum atomic E-state index is 13.4. The molecular formula is C13H13FO3. The second kappa shape index (κ2) is 6.48. The summed E-state index contributed by atoms with van der Waals surface area (Å²) in [6.07, 6.45) is 2.02. The van der Waals surface area contributed by atoms with E-state index in [1.54, 1.807) is 19.1 Å². The zero-order chi connectivity index (χ0) is 12.7. The number of benzene rings is 1. The smallest absolute Gasteiger partial charge is 0.430 e. The van der Waals surface area contributed by atoms with E-state index in [1.165, 1.54) is 24.3 Å². The van der Waals surface area contributed by atoms with Crippen LogP contribution in [-0.4, -0.2) is 12.8 Å². The summed E-state index contributed by atoms with van der Waals surface area (Å²) in [7, 11) is 0. The first-order valence-corrected chi connectivity index (χ1v) is 5.05. The Morgan fingerprint density at radius 3 is 2.76 bits per heavy atom. The molecule has 0 bridgehead atoms.